The maximum absolute atomic E-state index is 5.46. The summed E-state index contributed by atoms with van der Waals surface area (Å²) >= 11 is 0. The highest BCUT2D eigenvalue weighted by Gasteiger charge is 2.21. The Labute approximate surface area is 116 Å². The average Bonchev–Trinajstić information content (AvgIpc) is 2.49. The zero-order chi connectivity index (χ0) is 13.1. The number of anilines is 2. The number of rotatable bonds is 2. The third-order valence-corrected chi connectivity index (χ3v) is 4.19. The summed E-state index contributed by atoms with van der Waals surface area (Å²) in [5, 5.41) is 1.27. The standard InChI is InChI=1S/C14H21N2O2P/c19-13-3-1-2-12(15-4-8-17-9-5-15)14(13)16-6-10-18-11-7-16/h1-3H,4-11,19H2. The van der Waals surface area contributed by atoms with Crippen LogP contribution in [0.3, 0.4) is 0 Å². The van der Waals surface area contributed by atoms with Gasteiger partial charge < -0.3 is 19.3 Å². The van der Waals surface area contributed by atoms with Crippen molar-refractivity contribution < 1.29 is 9.47 Å². The smallest absolute Gasteiger partial charge is 0.0678 e. The summed E-state index contributed by atoms with van der Waals surface area (Å²) in [6.45, 7) is 7.19. The van der Waals surface area contributed by atoms with Crippen LogP contribution in [0.1, 0.15) is 0 Å². The van der Waals surface area contributed by atoms with Crippen molar-refractivity contribution >= 4 is 25.9 Å². The van der Waals surface area contributed by atoms with E-state index < -0.39 is 0 Å². The number of para-hydroxylation sites is 1. The van der Waals surface area contributed by atoms with E-state index in [0.29, 0.717) is 0 Å². The number of benzene rings is 1. The third-order valence-electron chi connectivity index (χ3n) is 3.73. The van der Waals surface area contributed by atoms with E-state index in [4.69, 9.17) is 9.47 Å². The lowest BCUT2D eigenvalue weighted by Crippen LogP contribution is -2.41. The molecular weight excluding hydrogens is 259 g/mol. The maximum Gasteiger partial charge on any atom is 0.0678 e. The van der Waals surface area contributed by atoms with E-state index in [2.05, 4.69) is 37.2 Å². The molecular formula is C14H21N2O2P. The minimum absolute atomic E-state index is 0.821. The normalized spacial score (nSPS) is 20.7. The highest BCUT2D eigenvalue weighted by Crippen LogP contribution is 2.30. The fourth-order valence-electron chi connectivity index (χ4n) is 2.74. The Kier molecular flexibility index (Phi) is 4.21. The molecule has 0 N–H and O–H groups in total. The molecule has 1 aromatic rings. The Bertz CT molecular complexity index is 429. The molecule has 0 bridgehead atoms. The van der Waals surface area contributed by atoms with Crippen LogP contribution >= 0.6 is 9.24 Å². The quantitative estimate of drug-likeness (QED) is 0.750. The molecule has 0 aromatic heterocycles. The second-order valence-electron chi connectivity index (χ2n) is 4.91. The Morgan fingerprint density at radius 1 is 0.842 bits per heavy atom. The summed E-state index contributed by atoms with van der Waals surface area (Å²) in [5.74, 6) is 0. The fraction of sp³-hybridized carbons (Fsp3) is 0.571. The van der Waals surface area contributed by atoms with Crippen molar-refractivity contribution in [2.75, 3.05) is 62.4 Å². The Hall–Kier alpha value is -0.830. The monoisotopic (exact) mass is 280 g/mol. The number of hydrogen-bond donors (Lipinski definition) is 0. The van der Waals surface area contributed by atoms with E-state index >= 15 is 0 Å². The minimum Gasteiger partial charge on any atom is -0.378 e. The Balaban J connectivity index is 1.91. The summed E-state index contributed by atoms with van der Waals surface area (Å²) in [4.78, 5) is 4.87. The van der Waals surface area contributed by atoms with Crippen LogP contribution in [0.4, 0.5) is 11.4 Å². The summed E-state index contributed by atoms with van der Waals surface area (Å²) in [5.41, 5.74) is 2.68. The maximum atomic E-state index is 5.46. The summed E-state index contributed by atoms with van der Waals surface area (Å²) in [6.07, 6.45) is 0. The molecule has 0 radical (unpaired) electrons. The van der Waals surface area contributed by atoms with Crippen LogP contribution in [0.15, 0.2) is 18.2 Å². The van der Waals surface area contributed by atoms with Gasteiger partial charge in [0.2, 0.25) is 0 Å². The largest absolute Gasteiger partial charge is 0.378 e. The van der Waals surface area contributed by atoms with E-state index in [0.717, 1.165) is 52.6 Å². The molecule has 2 heterocycles. The topological polar surface area (TPSA) is 24.9 Å². The molecule has 104 valence electrons. The van der Waals surface area contributed by atoms with Crippen molar-refractivity contribution in [3.8, 4) is 0 Å². The molecule has 1 atom stereocenters. The second kappa shape index (κ2) is 6.08. The van der Waals surface area contributed by atoms with Gasteiger partial charge in [-0.25, -0.2) is 0 Å². The zero-order valence-corrected chi connectivity index (χ0v) is 12.3. The van der Waals surface area contributed by atoms with Crippen molar-refractivity contribution in [3.05, 3.63) is 18.2 Å². The van der Waals surface area contributed by atoms with Gasteiger partial charge in [0.15, 0.2) is 0 Å². The molecule has 2 fully saturated rings. The van der Waals surface area contributed by atoms with E-state index in [1.54, 1.807) is 0 Å². The van der Waals surface area contributed by atoms with Gasteiger partial charge >= 0.3 is 0 Å². The molecule has 1 aromatic carbocycles. The Morgan fingerprint density at radius 2 is 1.42 bits per heavy atom. The number of hydrogen-bond acceptors (Lipinski definition) is 4. The first-order chi connectivity index (χ1) is 9.36. The molecule has 0 saturated carbocycles. The number of morpholine rings is 2. The zero-order valence-electron chi connectivity index (χ0n) is 11.2. The van der Waals surface area contributed by atoms with Crippen LogP contribution in [0.5, 0.6) is 0 Å². The lowest BCUT2D eigenvalue weighted by molar-refractivity contribution is 0.121. The van der Waals surface area contributed by atoms with Gasteiger partial charge in [-0.1, -0.05) is 12.1 Å². The third kappa shape index (κ3) is 2.86. The minimum atomic E-state index is 0.821. The summed E-state index contributed by atoms with van der Waals surface area (Å²) in [6, 6.07) is 6.53. The van der Waals surface area contributed by atoms with Crippen molar-refractivity contribution in [1.82, 2.24) is 0 Å². The average molecular weight is 280 g/mol. The van der Waals surface area contributed by atoms with Gasteiger partial charge in [-0.15, -0.1) is 9.24 Å². The first-order valence-corrected chi connectivity index (χ1v) is 7.48. The van der Waals surface area contributed by atoms with Crippen LogP contribution in [-0.2, 0) is 9.47 Å². The van der Waals surface area contributed by atoms with E-state index in [1.807, 2.05) is 0 Å². The van der Waals surface area contributed by atoms with Gasteiger partial charge in [0.1, 0.15) is 0 Å². The van der Waals surface area contributed by atoms with Crippen molar-refractivity contribution in [3.63, 3.8) is 0 Å². The van der Waals surface area contributed by atoms with Gasteiger partial charge in [-0.05, 0) is 11.4 Å². The second-order valence-corrected chi connectivity index (χ2v) is 5.54. The van der Waals surface area contributed by atoms with E-state index in [9.17, 15) is 0 Å². The highest BCUT2D eigenvalue weighted by atomic mass is 31.0. The van der Waals surface area contributed by atoms with Crippen molar-refractivity contribution in [2.24, 2.45) is 0 Å². The first-order valence-electron chi connectivity index (χ1n) is 6.90. The fourth-order valence-corrected chi connectivity index (χ4v) is 3.18. The molecule has 4 nitrogen and oxygen atoms in total. The molecule has 2 aliphatic rings. The Morgan fingerprint density at radius 3 is 2.05 bits per heavy atom. The predicted octanol–water partition coefficient (Wildman–Crippen LogP) is 0.860. The lowest BCUT2D eigenvalue weighted by atomic mass is 10.2. The van der Waals surface area contributed by atoms with Crippen molar-refractivity contribution in [2.45, 2.75) is 0 Å². The molecule has 2 aliphatic heterocycles. The van der Waals surface area contributed by atoms with Crippen LogP contribution in [0, 0.1) is 0 Å². The van der Waals surface area contributed by atoms with Crippen LogP contribution in [0.25, 0.3) is 0 Å². The van der Waals surface area contributed by atoms with Crippen LogP contribution < -0.4 is 15.1 Å². The molecule has 3 rings (SSSR count). The molecule has 0 amide bonds. The van der Waals surface area contributed by atoms with Gasteiger partial charge in [0.05, 0.1) is 37.8 Å². The van der Waals surface area contributed by atoms with Crippen LogP contribution in [-0.4, -0.2) is 52.6 Å². The molecule has 0 aliphatic carbocycles. The summed E-state index contributed by atoms with van der Waals surface area (Å²) < 4.78 is 10.9. The lowest BCUT2D eigenvalue weighted by Gasteiger charge is -2.36. The highest BCUT2D eigenvalue weighted by molar-refractivity contribution is 7.28. The molecule has 0 spiro atoms. The first kappa shape index (κ1) is 13.2. The predicted molar refractivity (Wildman–Crippen MR) is 81.9 cm³/mol. The molecule has 2 saturated heterocycles. The van der Waals surface area contributed by atoms with E-state index in [1.165, 1.54) is 16.7 Å². The van der Waals surface area contributed by atoms with Crippen LogP contribution in [0.2, 0.25) is 0 Å². The van der Waals surface area contributed by atoms with Gasteiger partial charge in [-0.2, -0.15) is 0 Å². The SMILES string of the molecule is Pc1cccc(N2CCOCC2)c1N1CCOCC1. The molecule has 19 heavy (non-hydrogen) atoms. The van der Waals surface area contributed by atoms with Gasteiger partial charge in [0, 0.05) is 26.2 Å². The van der Waals surface area contributed by atoms with Crippen molar-refractivity contribution in [1.29, 1.82) is 0 Å². The molecule has 1 unspecified atom stereocenters. The number of nitrogens with zero attached hydrogens (tertiary/aromatic N) is 2. The van der Waals surface area contributed by atoms with E-state index in [-0.39, 0.29) is 0 Å². The summed E-state index contributed by atoms with van der Waals surface area (Å²) in [7, 11) is 2.87. The number of ether oxygens (including phenoxy) is 2. The van der Waals surface area contributed by atoms with Gasteiger partial charge in [0.25, 0.3) is 0 Å². The molecule has 5 heteroatoms. The van der Waals surface area contributed by atoms with Gasteiger partial charge in [-0.3, -0.25) is 0 Å².